The fraction of sp³-hybridized carbons (Fsp3) is 0.684. The topological polar surface area (TPSA) is 12.0 Å². The lowest BCUT2D eigenvalue weighted by Gasteiger charge is -2.34. The fourth-order valence-electron chi connectivity index (χ4n) is 3.90. The second-order valence-corrected chi connectivity index (χ2v) is 8.02. The number of hydrogen-bond acceptors (Lipinski definition) is 2. The Kier molecular flexibility index (Phi) is 5.65. The molecule has 0 amide bonds. The van der Waals surface area contributed by atoms with Crippen LogP contribution in [-0.4, -0.2) is 23.6 Å². The molecule has 0 aliphatic heterocycles. The number of thioether (sulfide) groups is 1. The predicted molar refractivity (Wildman–Crippen MR) is 94.3 cm³/mol. The van der Waals surface area contributed by atoms with Gasteiger partial charge in [0.25, 0.3) is 0 Å². The molecule has 0 radical (unpaired) electrons. The highest BCUT2D eigenvalue weighted by molar-refractivity contribution is 7.99. The Balaban J connectivity index is 1.48. The van der Waals surface area contributed by atoms with Crippen molar-refractivity contribution in [3.8, 4) is 0 Å². The van der Waals surface area contributed by atoms with Crippen molar-refractivity contribution in [2.45, 2.75) is 69.1 Å². The first-order valence-electron chi connectivity index (χ1n) is 8.79. The van der Waals surface area contributed by atoms with Crippen molar-refractivity contribution in [3.05, 3.63) is 35.4 Å². The molecule has 2 unspecified atom stereocenters. The monoisotopic (exact) mass is 303 g/mol. The van der Waals surface area contributed by atoms with Crippen LogP contribution in [0.2, 0.25) is 0 Å². The van der Waals surface area contributed by atoms with Crippen LogP contribution in [0.5, 0.6) is 0 Å². The highest BCUT2D eigenvalue weighted by Gasteiger charge is 2.28. The van der Waals surface area contributed by atoms with Gasteiger partial charge < -0.3 is 5.32 Å². The van der Waals surface area contributed by atoms with Gasteiger partial charge in [-0.05, 0) is 49.3 Å². The Morgan fingerprint density at radius 1 is 1.19 bits per heavy atom. The minimum absolute atomic E-state index is 0.695. The number of nitrogens with one attached hydrogen (secondary N) is 1. The Hall–Kier alpha value is -0.470. The van der Waals surface area contributed by atoms with Crippen molar-refractivity contribution in [1.29, 1.82) is 0 Å². The zero-order valence-corrected chi connectivity index (χ0v) is 14.1. The van der Waals surface area contributed by atoms with Crippen molar-refractivity contribution in [3.63, 3.8) is 0 Å². The summed E-state index contributed by atoms with van der Waals surface area (Å²) in [4.78, 5) is 0. The van der Waals surface area contributed by atoms with Gasteiger partial charge in [0.15, 0.2) is 0 Å². The van der Waals surface area contributed by atoms with Gasteiger partial charge >= 0.3 is 0 Å². The van der Waals surface area contributed by atoms with E-state index in [2.05, 4.69) is 48.3 Å². The standard InChI is InChI=1S/C19H29NS/c1-2-20-17(14-21-18-9-4-3-5-10-18)13-16-12-15-8-6-7-11-19(15)16/h6-8,11,16-18,20H,2-5,9-10,12-14H2,1H3. The molecule has 116 valence electrons. The van der Waals surface area contributed by atoms with Crippen LogP contribution in [0.15, 0.2) is 24.3 Å². The lowest BCUT2D eigenvalue weighted by molar-refractivity contribution is 0.450. The Bertz CT molecular complexity index is 439. The van der Waals surface area contributed by atoms with E-state index in [1.807, 2.05) is 0 Å². The lowest BCUT2D eigenvalue weighted by Crippen LogP contribution is -2.35. The molecule has 1 fully saturated rings. The van der Waals surface area contributed by atoms with Gasteiger partial charge in [0, 0.05) is 17.0 Å². The molecule has 1 aromatic rings. The third kappa shape index (κ3) is 4.04. The molecule has 3 rings (SSSR count). The summed E-state index contributed by atoms with van der Waals surface area (Å²) in [6.07, 6.45) is 9.91. The van der Waals surface area contributed by atoms with Gasteiger partial charge in [0.05, 0.1) is 0 Å². The van der Waals surface area contributed by atoms with E-state index in [4.69, 9.17) is 0 Å². The molecule has 2 atom stereocenters. The molecule has 1 aromatic carbocycles. The molecular formula is C19H29NS. The van der Waals surface area contributed by atoms with Crippen LogP contribution in [0.25, 0.3) is 0 Å². The average Bonchev–Trinajstić information content (AvgIpc) is 2.51. The quantitative estimate of drug-likeness (QED) is 0.779. The molecule has 0 aromatic heterocycles. The van der Waals surface area contributed by atoms with E-state index in [9.17, 15) is 0 Å². The van der Waals surface area contributed by atoms with Crippen LogP contribution in [-0.2, 0) is 6.42 Å². The lowest BCUT2D eigenvalue weighted by atomic mass is 9.74. The van der Waals surface area contributed by atoms with E-state index in [0.29, 0.717) is 6.04 Å². The van der Waals surface area contributed by atoms with Crippen molar-refractivity contribution in [1.82, 2.24) is 5.32 Å². The zero-order valence-electron chi connectivity index (χ0n) is 13.3. The molecule has 1 nitrogen and oxygen atoms in total. The summed E-state index contributed by atoms with van der Waals surface area (Å²) in [6, 6.07) is 9.70. The molecular weight excluding hydrogens is 274 g/mol. The zero-order chi connectivity index (χ0) is 14.5. The van der Waals surface area contributed by atoms with Crippen molar-refractivity contribution in [2.24, 2.45) is 0 Å². The summed E-state index contributed by atoms with van der Waals surface area (Å²) in [7, 11) is 0. The summed E-state index contributed by atoms with van der Waals surface area (Å²) in [5.41, 5.74) is 3.20. The maximum atomic E-state index is 3.73. The third-order valence-corrected chi connectivity index (χ3v) is 6.65. The second kappa shape index (κ2) is 7.69. The smallest absolute Gasteiger partial charge is 0.0164 e. The van der Waals surface area contributed by atoms with Crippen LogP contribution in [0.4, 0.5) is 0 Å². The van der Waals surface area contributed by atoms with Crippen LogP contribution in [0.1, 0.15) is 62.5 Å². The second-order valence-electron chi connectivity index (χ2n) is 6.68. The number of benzene rings is 1. The van der Waals surface area contributed by atoms with E-state index in [-0.39, 0.29) is 0 Å². The Morgan fingerprint density at radius 2 is 2.00 bits per heavy atom. The minimum Gasteiger partial charge on any atom is -0.313 e. The first-order valence-corrected chi connectivity index (χ1v) is 9.84. The first kappa shape index (κ1) is 15.4. The molecule has 1 saturated carbocycles. The third-order valence-electron chi connectivity index (χ3n) is 5.11. The van der Waals surface area contributed by atoms with Crippen LogP contribution >= 0.6 is 11.8 Å². The summed E-state index contributed by atoms with van der Waals surface area (Å²) in [5.74, 6) is 2.11. The van der Waals surface area contributed by atoms with E-state index in [0.717, 1.165) is 17.7 Å². The summed E-state index contributed by atoms with van der Waals surface area (Å²) in [6.45, 7) is 3.34. The number of hydrogen-bond donors (Lipinski definition) is 1. The largest absolute Gasteiger partial charge is 0.313 e. The number of rotatable bonds is 7. The van der Waals surface area contributed by atoms with Crippen LogP contribution < -0.4 is 5.32 Å². The summed E-state index contributed by atoms with van der Waals surface area (Å²) in [5, 5.41) is 4.67. The van der Waals surface area contributed by atoms with E-state index >= 15 is 0 Å². The molecule has 0 spiro atoms. The van der Waals surface area contributed by atoms with E-state index < -0.39 is 0 Å². The normalized spacial score (nSPS) is 23.4. The fourth-order valence-corrected chi connectivity index (χ4v) is 5.32. The van der Waals surface area contributed by atoms with Gasteiger partial charge in [0.2, 0.25) is 0 Å². The van der Waals surface area contributed by atoms with E-state index in [1.165, 1.54) is 50.7 Å². The summed E-state index contributed by atoms with van der Waals surface area (Å²) < 4.78 is 0. The van der Waals surface area contributed by atoms with Crippen molar-refractivity contribution >= 4 is 11.8 Å². The van der Waals surface area contributed by atoms with Crippen LogP contribution in [0, 0.1) is 0 Å². The van der Waals surface area contributed by atoms with E-state index in [1.54, 1.807) is 11.1 Å². The van der Waals surface area contributed by atoms with Gasteiger partial charge in [0.1, 0.15) is 0 Å². The van der Waals surface area contributed by atoms with Gasteiger partial charge in [-0.3, -0.25) is 0 Å². The Labute approximate surface area is 134 Å². The predicted octanol–water partition coefficient (Wildman–Crippen LogP) is 4.76. The average molecular weight is 304 g/mol. The van der Waals surface area contributed by atoms with Crippen molar-refractivity contribution < 1.29 is 0 Å². The molecule has 0 bridgehead atoms. The molecule has 2 aliphatic carbocycles. The maximum Gasteiger partial charge on any atom is 0.0164 e. The highest BCUT2D eigenvalue weighted by Crippen LogP contribution is 2.38. The molecule has 0 saturated heterocycles. The maximum absolute atomic E-state index is 3.73. The summed E-state index contributed by atoms with van der Waals surface area (Å²) >= 11 is 2.24. The van der Waals surface area contributed by atoms with Crippen molar-refractivity contribution in [2.75, 3.05) is 12.3 Å². The number of fused-ring (bicyclic) bond motifs is 1. The minimum atomic E-state index is 0.695. The van der Waals surface area contributed by atoms with Gasteiger partial charge in [-0.1, -0.05) is 50.5 Å². The first-order chi connectivity index (χ1) is 10.4. The highest BCUT2D eigenvalue weighted by atomic mass is 32.2. The SMILES string of the molecule is CCNC(CSC1CCCCC1)CC1Cc2ccccc21. The molecule has 0 heterocycles. The Morgan fingerprint density at radius 3 is 2.76 bits per heavy atom. The van der Waals surface area contributed by atoms with Gasteiger partial charge in [-0.2, -0.15) is 11.8 Å². The van der Waals surface area contributed by atoms with Crippen LogP contribution in [0.3, 0.4) is 0 Å². The molecule has 2 heteroatoms. The van der Waals surface area contributed by atoms with Gasteiger partial charge in [-0.25, -0.2) is 0 Å². The molecule has 21 heavy (non-hydrogen) atoms. The van der Waals surface area contributed by atoms with Gasteiger partial charge in [-0.15, -0.1) is 0 Å². The molecule has 1 N–H and O–H groups in total. The molecule has 2 aliphatic rings.